The lowest BCUT2D eigenvalue weighted by Crippen LogP contribution is -2.13. The second-order valence-corrected chi connectivity index (χ2v) is 5.55. The summed E-state index contributed by atoms with van der Waals surface area (Å²) in [6.07, 6.45) is 4.52. The van der Waals surface area contributed by atoms with Crippen LogP contribution in [0.1, 0.15) is 21.7 Å². The highest BCUT2D eigenvalue weighted by atomic mass is 35.5. The molecule has 0 aliphatic heterocycles. The molecular formula is C17H15ClN4O2. The zero-order chi connectivity index (χ0) is 16.9. The molecule has 24 heavy (non-hydrogen) atoms. The fraction of sp³-hybridized carbons (Fsp3) is 0.118. The first-order valence-corrected chi connectivity index (χ1v) is 7.65. The smallest absolute Gasteiger partial charge is 0.258 e. The van der Waals surface area contributed by atoms with Crippen molar-refractivity contribution in [3.63, 3.8) is 0 Å². The summed E-state index contributed by atoms with van der Waals surface area (Å²) in [5.74, 6) is 0.894. The molecule has 0 fully saturated rings. The molecule has 0 bridgehead atoms. The van der Waals surface area contributed by atoms with Crippen LogP contribution in [-0.2, 0) is 6.54 Å². The van der Waals surface area contributed by atoms with E-state index in [1.165, 1.54) is 12.4 Å². The number of hydrogen-bond donors (Lipinski definition) is 2. The molecule has 1 amide bonds. The Hall–Kier alpha value is -2.86. The molecule has 122 valence electrons. The van der Waals surface area contributed by atoms with Crippen LogP contribution < -0.4 is 10.6 Å². The number of aryl methyl sites for hydroxylation is 1. The van der Waals surface area contributed by atoms with Crippen LogP contribution in [0.15, 0.2) is 53.4 Å². The highest BCUT2D eigenvalue weighted by Gasteiger charge is 2.09. The summed E-state index contributed by atoms with van der Waals surface area (Å²) in [7, 11) is 0. The van der Waals surface area contributed by atoms with Gasteiger partial charge in [0.2, 0.25) is 5.95 Å². The number of carbonyl (C=O) groups is 1. The molecule has 0 spiro atoms. The maximum Gasteiger partial charge on any atom is 0.258 e. The quantitative estimate of drug-likeness (QED) is 0.735. The molecule has 0 aliphatic carbocycles. The standard InChI is InChI=1S/C17H15ClN4O2/c1-11-4-5-13(7-15(11)18)22-16(23)12-8-19-17(20-9-12)21-10-14-3-2-6-24-14/h2-9H,10H2,1H3,(H,22,23)(H,19,20,21). The maximum atomic E-state index is 12.2. The molecular weight excluding hydrogens is 328 g/mol. The van der Waals surface area contributed by atoms with Gasteiger partial charge in [0.05, 0.1) is 18.4 Å². The first-order chi connectivity index (χ1) is 11.6. The number of aromatic nitrogens is 2. The fourth-order valence-electron chi connectivity index (χ4n) is 1.99. The Morgan fingerprint density at radius 3 is 2.71 bits per heavy atom. The summed E-state index contributed by atoms with van der Waals surface area (Å²) in [4.78, 5) is 20.4. The van der Waals surface area contributed by atoms with Crippen molar-refractivity contribution in [2.75, 3.05) is 10.6 Å². The van der Waals surface area contributed by atoms with E-state index in [4.69, 9.17) is 16.0 Å². The Bertz CT molecular complexity index is 832. The minimum absolute atomic E-state index is 0.299. The lowest BCUT2D eigenvalue weighted by molar-refractivity contribution is 0.102. The lowest BCUT2D eigenvalue weighted by atomic mass is 10.2. The van der Waals surface area contributed by atoms with Crippen LogP contribution >= 0.6 is 11.6 Å². The van der Waals surface area contributed by atoms with Gasteiger partial charge < -0.3 is 15.1 Å². The Labute approximate surface area is 143 Å². The number of benzene rings is 1. The average Bonchev–Trinajstić information content (AvgIpc) is 3.10. The number of rotatable bonds is 5. The lowest BCUT2D eigenvalue weighted by Gasteiger charge is -2.07. The molecule has 2 heterocycles. The van der Waals surface area contributed by atoms with Crippen molar-refractivity contribution < 1.29 is 9.21 Å². The number of nitrogens with zero attached hydrogens (tertiary/aromatic N) is 2. The van der Waals surface area contributed by atoms with Gasteiger partial charge in [-0.1, -0.05) is 17.7 Å². The summed E-state index contributed by atoms with van der Waals surface area (Å²) in [5, 5.41) is 6.37. The van der Waals surface area contributed by atoms with Crippen LogP contribution in [0.25, 0.3) is 0 Å². The van der Waals surface area contributed by atoms with Crippen molar-refractivity contribution in [2.24, 2.45) is 0 Å². The number of halogens is 1. The molecule has 0 saturated carbocycles. The summed E-state index contributed by atoms with van der Waals surface area (Å²) in [5.41, 5.74) is 1.93. The number of carbonyl (C=O) groups excluding carboxylic acids is 1. The van der Waals surface area contributed by atoms with Gasteiger partial charge in [-0.25, -0.2) is 9.97 Å². The second-order valence-electron chi connectivity index (χ2n) is 5.15. The number of amides is 1. The average molecular weight is 343 g/mol. The largest absolute Gasteiger partial charge is 0.467 e. The van der Waals surface area contributed by atoms with Gasteiger partial charge in [-0.05, 0) is 36.8 Å². The highest BCUT2D eigenvalue weighted by molar-refractivity contribution is 6.31. The van der Waals surface area contributed by atoms with Crippen molar-refractivity contribution in [1.82, 2.24) is 9.97 Å². The monoisotopic (exact) mass is 342 g/mol. The molecule has 0 saturated heterocycles. The molecule has 6 nitrogen and oxygen atoms in total. The number of anilines is 2. The van der Waals surface area contributed by atoms with Crippen LogP contribution in [0.2, 0.25) is 5.02 Å². The third kappa shape index (κ3) is 3.91. The van der Waals surface area contributed by atoms with Crippen molar-refractivity contribution in [3.05, 3.63) is 70.9 Å². The Morgan fingerprint density at radius 1 is 1.25 bits per heavy atom. The minimum atomic E-state index is -0.299. The predicted octanol–water partition coefficient (Wildman–Crippen LogP) is 3.90. The van der Waals surface area contributed by atoms with E-state index in [-0.39, 0.29) is 5.91 Å². The van der Waals surface area contributed by atoms with Crippen molar-refractivity contribution >= 4 is 29.1 Å². The molecule has 3 aromatic rings. The molecule has 0 unspecified atom stereocenters. The summed E-state index contributed by atoms with van der Waals surface area (Å²) in [6.45, 7) is 2.37. The van der Waals surface area contributed by atoms with Crippen molar-refractivity contribution in [1.29, 1.82) is 0 Å². The van der Waals surface area contributed by atoms with Crippen LogP contribution in [0.5, 0.6) is 0 Å². The van der Waals surface area contributed by atoms with Crippen LogP contribution in [0.4, 0.5) is 11.6 Å². The van der Waals surface area contributed by atoms with Crippen LogP contribution in [-0.4, -0.2) is 15.9 Å². The Balaban J connectivity index is 1.61. The second kappa shape index (κ2) is 7.14. The van der Waals surface area contributed by atoms with E-state index in [2.05, 4.69) is 20.6 Å². The third-order valence-corrected chi connectivity index (χ3v) is 3.75. The zero-order valence-corrected chi connectivity index (χ0v) is 13.7. The van der Waals surface area contributed by atoms with E-state index in [9.17, 15) is 4.79 Å². The van der Waals surface area contributed by atoms with Gasteiger partial charge in [-0.15, -0.1) is 0 Å². The van der Waals surface area contributed by atoms with Crippen LogP contribution in [0, 0.1) is 6.92 Å². The minimum Gasteiger partial charge on any atom is -0.467 e. The Morgan fingerprint density at radius 2 is 2.04 bits per heavy atom. The van der Waals surface area contributed by atoms with E-state index in [0.717, 1.165) is 11.3 Å². The van der Waals surface area contributed by atoms with Crippen LogP contribution in [0.3, 0.4) is 0 Å². The fourth-order valence-corrected chi connectivity index (χ4v) is 2.17. The molecule has 2 aromatic heterocycles. The van der Waals surface area contributed by atoms with Gasteiger partial charge in [0, 0.05) is 23.1 Å². The number of nitrogens with one attached hydrogen (secondary N) is 2. The molecule has 0 aliphatic rings. The van der Waals surface area contributed by atoms with E-state index in [1.807, 2.05) is 25.1 Å². The highest BCUT2D eigenvalue weighted by Crippen LogP contribution is 2.20. The molecule has 3 rings (SSSR count). The van der Waals surface area contributed by atoms with E-state index in [0.29, 0.717) is 28.8 Å². The molecule has 2 N–H and O–H groups in total. The SMILES string of the molecule is Cc1ccc(NC(=O)c2cnc(NCc3ccco3)nc2)cc1Cl. The molecule has 0 radical (unpaired) electrons. The van der Waals surface area contributed by atoms with E-state index in [1.54, 1.807) is 18.4 Å². The molecule has 7 heteroatoms. The first-order valence-electron chi connectivity index (χ1n) is 7.27. The Kier molecular flexibility index (Phi) is 4.77. The normalized spacial score (nSPS) is 10.4. The van der Waals surface area contributed by atoms with Gasteiger partial charge >= 0.3 is 0 Å². The summed E-state index contributed by atoms with van der Waals surface area (Å²) >= 11 is 6.05. The zero-order valence-electron chi connectivity index (χ0n) is 12.9. The van der Waals surface area contributed by atoms with Gasteiger partial charge in [-0.2, -0.15) is 0 Å². The van der Waals surface area contributed by atoms with Gasteiger partial charge in [-0.3, -0.25) is 4.79 Å². The first kappa shape index (κ1) is 16.0. The topological polar surface area (TPSA) is 80.0 Å². The van der Waals surface area contributed by atoms with Crippen molar-refractivity contribution in [2.45, 2.75) is 13.5 Å². The number of furan rings is 1. The third-order valence-electron chi connectivity index (χ3n) is 3.34. The summed E-state index contributed by atoms with van der Waals surface area (Å²) in [6, 6.07) is 8.99. The number of hydrogen-bond acceptors (Lipinski definition) is 5. The predicted molar refractivity (Wildman–Crippen MR) is 92.2 cm³/mol. The van der Waals surface area contributed by atoms with Gasteiger partial charge in [0.15, 0.2) is 0 Å². The maximum absolute atomic E-state index is 12.2. The van der Waals surface area contributed by atoms with E-state index < -0.39 is 0 Å². The van der Waals surface area contributed by atoms with Crippen molar-refractivity contribution in [3.8, 4) is 0 Å². The van der Waals surface area contributed by atoms with Gasteiger partial charge in [0.25, 0.3) is 5.91 Å². The van der Waals surface area contributed by atoms with Gasteiger partial charge in [0.1, 0.15) is 5.76 Å². The van der Waals surface area contributed by atoms with E-state index >= 15 is 0 Å². The summed E-state index contributed by atoms with van der Waals surface area (Å²) < 4.78 is 5.21. The molecule has 1 aromatic carbocycles. The molecule has 0 atom stereocenters.